The van der Waals surface area contributed by atoms with Gasteiger partial charge in [0.15, 0.2) is 5.82 Å². The Balaban J connectivity index is 1.53. The maximum absolute atomic E-state index is 15.5. The summed E-state index contributed by atoms with van der Waals surface area (Å²) in [5.41, 5.74) is 2.32. The molecule has 3 heterocycles. The SMILES string of the molecule is CNc1cccnc1Nc1ccc(C(=O)N(c2nccc3cccc(C)c23)[C@@H]2CCCNC2)c(F)c1. The van der Waals surface area contributed by atoms with E-state index in [0.717, 1.165) is 41.4 Å². The van der Waals surface area contributed by atoms with Crippen LogP contribution in [0.4, 0.5) is 27.4 Å². The zero-order valence-electron chi connectivity index (χ0n) is 20.4. The Bertz CT molecular complexity index is 1400. The fourth-order valence-corrected chi connectivity index (χ4v) is 4.80. The maximum atomic E-state index is 15.5. The number of anilines is 4. The Morgan fingerprint density at radius 3 is 2.78 bits per heavy atom. The lowest BCUT2D eigenvalue weighted by atomic mass is 10.0. The van der Waals surface area contributed by atoms with Crippen LogP contribution in [0.3, 0.4) is 0 Å². The van der Waals surface area contributed by atoms with E-state index in [1.54, 1.807) is 30.4 Å². The molecule has 36 heavy (non-hydrogen) atoms. The van der Waals surface area contributed by atoms with Gasteiger partial charge in [-0.25, -0.2) is 14.4 Å². The molecular weight excluding hydrogens is 455 g/mol. The minimum Gasteiger partial charge on any atom is -0.385 e. The van der Waals surface area contributed by atoms with Gasteiger partial charge in [0.05, 0.1) is 17.3 Å². The minimum atomic E-state index is -0.599. The Kier molecular flexibility index (Phi) is 6.77. The van der Waals surface area contributed by atoms with Crippen molar-refractivity contribution in [2.45, 2.75) is 25.8 Å². The third-order valence-electron chi connectivity index (χ3n) is 6.60. The van der Waals surface area contributed by atoms with E-state index in [4.69, 9.17) is 0 Å². The topological polar surface area (TPSA) is 82.2 Å². The first-order valence-corrected chi connectivity index (χ1v) is 12.1. The standard InChI is InChI=1S/C28H29FN6O/c1-18-6-3-7-19-12-15-33-27(25(18)19)35(21-8-4-13-31-17-21)28(36)22-11-10-20(16-23(22)29)34-26-24(30-2)9-5-14-32-26/h3,5-7,9-12,14-16,21,30-31H,4,8,13,17H2,1-2H3,(H,32,34)/t21-/m1/s1. The zero-order chi connectivity index (χ0) is 25.1. The van der Waals surface area contributed by atoms with Gasteiger partial charge in [0, 0.05) is 37.1 Å². The summed E-state index contributed by atoms with van der Waals surface area (Å²) in [6.07, 6.45) is 5.12. The second kappa shape index (κ2) is 10.3. The van der Waals surface area contributed by atoms with Gasteiger partial charge in [-0.1, -0.05) is 18.2 Å². The van der Waals surface area contributed by atoms with Crippen molar-refractivity contribution < 1.29 is 9.18 Å². The fraction of sp³-hybridized carbons (Fsp3) is 0.250. The average Bonchev–Trinajstić information content (AvgIpc) is 2.90. The molecule has 4 aromatic rings. The molecular formula is C28H29FN6O. The van der Waals surface area contributed by atoms with Gasteiger partial charge in [-0.3, -0.25) is 9.69 Å². The molecule has 0 unspecified atom stereocenters. The maximum Gasteiger partial charge on any atom is 0.262 e. The summed E-state index contributed by atoms with van der Waals surface area (Å²) in [5, 5.41) is 11.5. The molecule has 1 aliphatic rings. The van der Waals surface area contributed by atoms with Gasteiger partial charge in [-0.15, -0.1) is 0 Å². The lowest BCUT2D eigenvalue weighted by Crippen LogP contribution is -2.49. The van der Waals surface area contributed by atoms with Crippen LogP contribution in [0.5, 0.6) is 0 Å². The lowest BCUT2D eigenvalue weighted by molar-refractivity contribution is 0.0968. The van der Waals surface area contributed by atoms with Crippen LogP contribution in [0.2, 0.25) is 0 Å². The molecule has 2 aromatic carbocycles. The summed E-state index contributed by atoms with van der Waals surface area (Å²) in [7, 11) is 1.79. The average molecular weight is 485 g/mol. The van der Waals surface area contributed by atoms with Gasteiger partial charge in [0.2, 0.25) is 0 Å². The second-order valence-electron chi connectivity index (χ2n) is 8.95. The van der Waals surface area contributed by atoms with Crippen molar-refractivity contribution >= 4 is 39.7 Å². The highest BCUT2D eigenvalue weighted by Crippen LogP contribution is 2.32. The van der Waals surface area contributed by atoms with Gasteiger partial charge in [0.1, 0.15) is 11.6 Å². The number of fused-ring (bicyclic) bond motifs is 1. The number of nitrogens with one attached hydrogen (secondary N) is 3. The van der Waals surface area contributed by atoms with Gasteiger partial charge in [-0.2, -0.15) is 0 Å². The summed E-state index contributed by atoms with van der Waals surface area (Å²) in [6.45, 7) is 3.54. The smallest absolute Gasteiger partial charge is 0.262 e. The zero-order valence-corrected chi connectivity index (χ0v) is 20.4. The molecule has 1 fully saturated rings. The number of aromatic nitrogens is 2. The van der Waals surface area contributed by atoms with Crippen LogP contribution in [0.15, 0.2) is 67.0 Å². The number of hydrogen-bond acceptors (Lipinski definition) is 6. The van der Waals surface area contributed by atoms with E-state index in [-0.39, 0.29) is 11.6 Å². The number of hydrogen-bond donors (Lipinski definition) is 3. The van der Waals surface area contributed by atoms with Crippen LogP contribution >= 0.6 is 0 Å². The van der Waals surface area contributed by atoms with Gasteiger partial charge in [-0.05, 0) is 73.7 Å². The van der Waals surface area contributed by atoms with Crippen molar-refractivity contribution in [2.24, 2.45) is 0 Å². The molecule has 8 heteroatoms. The number of rotatable bonds is 6. The Morgan fingerprint density at radius 2 is 2.00 bits per heavy atom. The van der Waals surface area contributed by atoms with Crippen LogP contribution in [-0.4, -0.2) is 42.1 Å². The largest absolute Gasteiger partial charge is 0.385 e. The van der Waals surface area contributed by atoms with E-state index >= 15 is 4.39 Å². The van der Waals surface area contributed by atoms with Crippen LogP contribution in [0.25, 0.3) is 10.8 Å². The van der Waals surface area contributed by atoms with Crippen molar-refractivity contribution in [3.05, 3.63) is 83.9 Å². The van der Waals surface area contributed by atoms with Crippen molar-refractivity contribution in [3.63, 3.8) is 0 Å². The number of carbonyl (C=O) groups is 1. The lowest BCUT2D eigenvalue weighted by Gasteiger charge is -2.35. The highest BCUT2D eigenvalue weighted by molar-refractivity contribution is 6.11. The van der Waals surface area contributed by atoms with Crippen LogP contribution in [0, 0.1) is 12.7 Å². The van der Waals surface area contributed by atoms with E-state index in [1.807, 2.05) is 43.3 Å². The first-order chi connectivity index (χ1) is 17.6. The molecule has 1 aliphatic heterocycles. The first kappa shape index (κ1) is 23.7. The molecule has 2 aromatic heterocycles. The molecule has 0 radical (unpaired) electrons. The monoisotopic (exact) mass is 484 g/mol. The van der Waals surface area contributed by atoms with Crippen LogP contribution in [-0.2, 0) is 0 Å². The second-order valence-corrected chi connectivity index (χ2v) is 8.95. The Morgan fingerprint density at radius 1 is 1.11 bits per heavy atom. The quantitative estimate of drug-likeness (QED) is 0.346. The number of benzene rings is 2. The van der Waals surface area contributed by atoms with Gasteiger partial charge < -0.3 is 16.0 Å². The normalized spacial score (nSPS) is 15.5. The number of carbonyl (C=O) groups excluding carboxylic acids is 1. The molecule has 0 bridgehead atoms. The fourth-order valence-electron chi connectivity index (χ4n) is 4.80. The first-order valence-electron chi connectivity index (χ1n) is 12.1. The van der Waals surface area contributed by atoms with Crippen molar-refractivity contribution in [2.75, 3.05) is 35.7 Å². The van der Waals surface area contributed by atoms with Crippen LogP contribution < -0.4 is 20.9 Å². The predicted octanol–water partition coefficient (Wildman–Crippen LogP) is 5.26. The molecule has 1 amide bonds. The van der Waals surface area contributed by atoms with Crippen LogP contribution in [0.1, 0.15) is 28.8 Å². The molecule has 0 aliphatic carbocycles. The molecule has 0 spiro atoms. The molecule has 0 saturated carbocycles. The number of amides is 1. The van der Waals surface area contributed by atoms with Gasteiger partial charge in [0.25, 0.3) is 5.91 Å². The van der Waals surface area contributed by atoms with E-state index < -0.39 is 11.7 Å². The Hall–Kier alpha value is -4.04. The highest BCUT2D eigenvalue weighted by Gasteiger charge is 2.31. The third-order valence-corrected chi connectivity index (χ3v) is 6.60. The molecule has 1 atom stereocenters. The number of aryl methyl sites for hydroxylation is 1. The van der Waals surface area contributed by atoms with E-state index in [9.17, 15) is 4.79 Å². The van der Waals surface area contributed by atoms with Gasteiger partial charge >= 0.3 is 0 Å². The highest BCUT2D eigenvalue weighted by atomic mass is 19.1. The molecule has 1 saturated heterocycles. The third kappa shape index (κ3) is 4.59. The molecule has 184 valence electrons. The van der Waals surface area contributed by atoms with Crippen molar-refractivity contribution in [1.29, 1.82) is 0 Å². The summed E-state index contributed by atoms with van der Waals surface area (Å²) >= 11 is 0. The van der Waals surface area contributed by atoms with E-state index in [2.05, 4.69) is 25.9 Å². The van der Waals surface area contributed by atoms with E-state index in [1.165, 1.54) is 12.1 Å². The molecule has 7 nitrogen and oxygen atoms in total. The molecule has 5 rings (SSSR count). The Labute approximate surface area is 209 Å². The summed E-state index contributed by atoms with van der Waals surface area (Å²) in [4.78, 5) is 24.6. The van der Waals surface area contributed by atoms with Crippen molar-refractivity contribution in [1.82, 2.24) is 15.3 Å². The number of nitrogens with zero attached hydrogens (tertiary/aromatic N) is 3. The summed E-state index contributed by atoms with van der Waals surface area (Å²) < 4.78 is 15.5. The van der Waals surface area contributed by atoms with Crippen molar-refractivity contribution in [3.8, 4) is 0 Å². The molecule has 3 N–H and O–H groups in total. The summed E-state index contributed by atoms with van der Waals surface area (Å²) in [6, 6.07) is 16.1. The van der Waals surface area contributed by atoms with E-state index in [0.29, 0.717) is 23.9 Å². The number of halogens is 1. The number of piperidine rings is 1. The predicted molar refractivity (Wildman–Crippen MR) is 143 cm³/mol. The summed E-state index contributed by atoms with van der Waals surface area (Å²) in [5.74, 6) is 0.143. The number of pyridine rings is 2. The minimum absolute atomic E-state index is 0.00775.